The number of nitrogens with one attached hydrogen (secondary N) is 1. The van der Waals surface area contributed by atoms with E-state index in [1.807, 2.05) is 20.8 Å². The molecule has 0 radical (unpaired) electrons. The van der Waals surface area contributed by atoms with Gasteiger partial charge in [-0.25, -0.2) is 19.3 Å². The highest BCUT2D eigenvalue weighted by Gasteiger charge is 2.20. The van der Waals surface area contributed by atoms with E-state index in [4.69, 9.17) is 0 Å². The average Bonchev–Trinajstić information content (AvgIpc) is 2.88. The molecule has 6 nitrogen and oxygen atoms in total. The molecule has 0 unspecified atom stereocenters. The van der Waals surface area contributed by atoms with E-state index in [0.29, 0.717) is 17.0 Å². The number of benzene rings is 1. The van der Waals surface area contributed by atoms with E-state index in [9.17, 15) is 4.79 Å². The van der Waals surface area contributed by atoms with Gasteiger partial charge in [-0.2, -0.15) is 0 Å². The Morgan fingerprint density at radius 3 is 2.31 bits per heavy atom. The third kappa shape index (κ3) is 3.00. The average molecular weight is 353 g/mol. The zero-order valence-electron chi connectivity index (χ0n) is 16.5. The zero-order valence-corrected chi connectivity index (χ0v) is 16.5. The van der Waals surface area contributed by atoms with Crippen molar-refractivity contribution in [1.82, 2.24) is 19.5 Å². The summed E-state index contributed by atoms with van der Waals surface area (Å²) in [4.78, 5) is 27.3. The largest absolute Gasteiger partial charge is 0.355 e. The van der Waals surface area contributed by atoms with Crippen molar-refractivity contribution in [2.75, 3.05) is 18.0 Å². The van der Waals surface area contributed by atoms with Gasteiger partial charge in [0.05, 0.1) is 5.69 Å². The molecular formula is C20H27N5O. The van der Waals surface area contributed by atoms with Crippen LogP contribution in [0.4, 0.5) is 5.82 Å². The number of rotatable bonds is 5. The minimum atomic E-state index is -0.177. The molecule has 0 saturated carbocycles. The van der Waals surface area contributed by atoms with Crippen molar-refractivity contribution in [2.24, 2.45) is 0 Å². The van der Waals surface area contributed by atoms with Crippen LogP contribution >= 0.6 is 0 Å². The molecule has 0 fully saturated rings. The van der Waals surface area contributed by atoms with E-state index in [1.54, 1.807) is 4.57 Å². The number of imidazole rings is 1. The number of hydrogen-bond acceptors (Lipinski definition) is 4. The Labute approximate surface area is 153 Å². The summed E-state index contributed by atoms with van der Waals surface area (Å²) >= 11 is 0. The van der Waals surface area contributed by atoms with E-state index >= 15 is 0 Å². The first-order valence-corrected chi connectivity index (χ1v) is 9.19. The van der Waals surface area contributed by atoms with Crippen LogP contribution in [0.1, 0.15) is 42.8 Å². The Morgan fingerprint density at radius 1 is 1.08 bits per heavy atom. The molecule has 1 N–H and O–H groups in total. The van der Waals surface area contributed by atoms with Crippen LogP contribution in [0.2, 0.25) is 0 Å². The van der Waals surface area contributed by atoms with Gasteiger partial charge in [0.2, 0.25) is 0 Å². The highest BCUT2D eigenvalue weighted by molar-refractivity contribution is 5.85. The number of aromatic amines is 1. The SMILES string of the molecule is CCCN(CC)c1nc(C)nc2c1[nH]c(=O)n2-c1c(C)cc(C)cc1C. The Kier molecular flexibility index (Phi) is 4.85. The van der Waals surface area contributed by atoms with Crippen molar-refractivity contribution in [3.05, 3.63) is 45.1 Å². The summed E-state index contributed by atoms with van der Waals surface area (Å²) in [7, 11) is 0. The zero-order chi connectivity index (χ0) is 19.0. The molecule has 2 aromatic heterocycles. The molecule has 26 heavy (non-hydrogen) atoms. The van der Waals surface area contributed by atoms with E-state index in [2.05, 4.69) is 52.8 Å². The molecule has 2 heterocycles. The molecule has 1 aromatic carbocycles. The van der Waals surface area contributed by atoms with Gasteiger partial charge in [-0.1, -0.05) is 24.6 Å². The predicted octanol–water partition coefficient (Wildman–Crippen LogP) is 3.58. The first-order valence-electron chi connectivity index (χ1n) is 9.19. The standard InChI is InChI=1S/C20H27N5O/c1-7-9-24(8-2)18-16-19(22-15(6)21-18)25(20(26)23-16)17-13(4)10-12(3)11-14(17)5/h10-11H,7-9H2,1-6H3,(H,23,26). The summed E-state index contributed by atoms with van der Waals surface area (Å²) < 4.78 is 1.69. The minimum absolute atomic E-state index is 0.177. The van der Waals surface area contributed by atoms with Gasteiger partial charge in [-0.05, 0) is 52.2 Å². The lowest BCUT2D eigenvalue weighted by molar-refractivity contribution is 0.776. The highest BCUT2D eigenvalue weighted by Crippen LogP contribution is 2.26. The van der Waals surface area contributed by atoms with Gasteiger partial charge >= 0.3 is 5.69 Å². The van der Waals surface area contributed by atoms with Gasteiger partial charge in [-0.3, -0.25) is 0 Å². The van der Waals surface area contributed by atoms with Gasteiger partial charge in [0.15, 0.2) is 11.5 Å². The number of nitrogens with zero attached hydrogens (tertiary/aromatic N) is 4. The van der Waals surface area contributed by atoms with Gasteiger partial charge in [-0.15, -0.1) is 0 Å². The van der Waals surface area contributed by atoms with Crippen molar-refractivity contribution < 1.29 is 0 Å². The molecule has 3 rings (SSSR count). The highest BCUT2D eigenvalue weighted by atomic mass is 16.1. The summed E-state index contributed by atoms with van der Waals surface area (Å²) in [5.41, 5.74) is 5.37. The Bertz CT molecular complexity index is 992. The molecule has 0 amide bonds. The quantitative estimate of drug-likeness (QED) is 0.761. The minimum Gasteiger partial charge on any atom is -0.355 e. The normalized spacial score (nSPS) is 11.3. The second-order valence-electron chi connectivity index (χ2n) is 6.89. The first kappa shape index (κ1) is 18.2. The van der Waals surface area contributed by atoms with E-state index in [1.165, 1.54) is 5.56 Å². The van der Waals surface area contributed by atoms with Crippen LogP contribution in [-0.4, -0.2) is 32.6 Å². The van der Waals surface area contributed by atoms with Crippen LogP contribution in [0.15, 0.2) is 16.9 Å². The third-order valence-electron chi connectivity index (χ3n) is 4.66. The summed E-state index contributed by atoms with van der Waals surface area (Å²) in [6.07, 6.45) is 1.01. The fourth-order valence-corrected chi connectivity index (χ4v) is 3.72. The molecule has 138 valence electrons. The van der Waals surface area contributed by atoms with Gasteiger partial charge in [0.25, 0.3) is 0 Å². The van der Waals surface area contributed by atoms with Gasteiger partial charge in [0, 0.05) is 13.1 Å². The fraction of sp³-hybridized carbons (Fsp3) is 0.450. The van der Waals surface area contributed by atoms with Gasteiger partial charge < -0.3 is 9.88 Å². The molecule has 0 aliphatic carbocycles. The maximum absolute atomic E-state index is 12.9. The van der Waals surface area contributed by atoms with E-state index < -0.39 is 0 Å². The van der Waals surface area contributed by atoms with Crippen LogP contribution < -0.4 is 10.6 Å². The number of fused-ring (bicyclic) bond motifs is 1. The molecule has 0 aliphatic rings. The summed E-state index contributed by atoms with van der Waals surface area (Å²) in [5.74, 6) is 1.47. The van der Waals surface area contributed by atoms with Crippen molar-refractivity contribution in [3.63, 3.8) is 0 Å². The van der Waals surface area contributed by atoms with E-state index in [0.717, 1.165) is 42.1 Å². The second-order valence-corrected chi connectivity index (χ2v) is 6.89. The topological polar surface area (TPSA) is 66.8 Å². The predicted molar refractivity (Wildman–Crippen MR) is 107 cm³/mol. The van der Waals surface area contributed by atoms with Crippen LogP contribution in [0.3, 0.4) is 0 Å². The van der Waals surface area contributed by atoms with Crippen molar-refractivity contribution >= 4 is 17.0 Å². The number of hydrogen-bond donors (Lipinski definition) is 1. The molecule has 0 saturated heterocycles. The molecule has 0 aliphatic heterocycles. The van der Waals surface area contributed by atoms with Crippen LogP contribution in [0.5, 0.6) is 0 Å². The molecule has 0 bridgehead atoms. The molecule has 6 heteroatoms. The Hall–Kier alpha value is -2.63. The van der Waals surface area contributed by atoms with Crippen molar-refractivity contribution in [2.45, 2.75) is 48.0 Å². The summed E-state index contributed by atoms with van der Waals surface area (Å²) in [6, 6.07) is 4.19. The van der Waals surface area contributed by atoms with Crippen molar-refractivity contribution in [3.8, 4) is 5.69 Å². The first-order chi connectivity index (χ1) is 12.4. The molecule has 0 atom stereocenters. The van der Waals surface area contributed by atoms with Crippen molar-refractivity contribution in [1.29, 1.82) is 0 Å². The number of anilines is 1. The maximum atomic E-state index is 12.9. The number of aryl methyl sites for hydroxylation is 4. The Morgan fingerprint density at radius 2 is 1.73 bits per heavy atom. The number of aromatic nitrogens is 4. The van der Waals surface area contributed by atoms with Crippen LogP contribution in [-0.2, 0) is 0 Å². The Balaban J connectivity index is 2.35. The molecule has 3 aromatic rings. The lowest BCUT2D eigenvalue weighted by Crippen LogP contribution is -2.25. The maximum Gasteiger partial charge on any atom is 0.332 e. The smallest absolute Gasteiger partial charge is 0.332 e. The van der Waals surface area contributed by atoms with Crippen LogP contribution in [0.25, 0.3) is 16.9 Å². The van der Waals surface area contributed by atoms with Gasteiger partial charge in [0.1, 0.15) is 11.3 Å². The second kappa shape index (κ2) is 6.94. The van der Waals surface area contributed by atoms with E-state index in [-0.39, 0.29) is 5.69 Å². The summed E-state index contributed by atoms with van der Waals surface area (Å²) in [5, 5.41) is 0. The van der Waals surface area contributed by atoms with Crippen LogP contribution in [0, 0.1) is 27.7 Å². The lowest BCUT2D eigenvalue weighted by Gasteiger charge is -2.22. The molecule has 0 spiro atoms. The monoisotopic (exact) mass is 353 g/mol. The molecular weight excluding hydrogens is 326 g/mol. The number of H-pyrrole nitrogens is 1. The lowest BCUT2D eigenvalue weighted by atomic mass is 10.1. The fourth-order valence-electron chi connectivity index (χ4n) is 3.72. The third-order valence-corrected chi connectivity index (χ3v) is 4.66. The summed E-state index contributed by atoms with van der Waals surface area (Å²) in [6.45, 7) is 14.0.